The summed E-state index contributed by atoms with van der Waals surface area (Å²) in [4.78, 5) is 3.75. The van der Waals surface area contributed by atoms with Crippen molar-refractivity contribution in [2.75, 3.05) is 0 Å². The molecule has 1 aromatic rings. The standard InChI is InChI=1S/C9H12FN/c1-6(2)9-7(3)4-11-5-8(9)10/h4-6H,1-3H3. The van der Waals surface area contributed by atoms with E-state index in [1.54, 1.807) is 6.20 Å². The van der Waals surface area contributed by atoms with Crippen molar-refractivity contribution in [2.45, 2.75) is 26.7 Å². The van der Waals surface area contributed by atoms with Gasteiger partial charge in [0.1, 0.15) is 5.82 Å². The van der Waals surface area contributed by atoms with Crippen LogP contribution >= 0.6 is 0 Å². The summed E-state index contributed by atoms with van der Waals surface area (Å²) < 4.78 is 13.0. The third kappa shape index (κ3) is 1.56. The summed E-state index contributed by atoms with van der Waals surface area (Å²) in [5.41, 5.74) is 1.71. The van der Waals surface area contributed by atoms with Crippen LogP contribution in [-0.2, 0) is 0 Å². The molecule has 0 aliphatic heterocycles. The monoisotopic (exact) mass is 153 g/mol. The van der Waals surface area contributed by atoms with Gasteiger partial charge in [-0.05, 0) is 24.0 Å². The van der Waals surface area contributed by atoms with Crippen LogP contribution in [0.2, 0.25) is 0 Å². The summed E-state index contributed by atoms with van der Waals surface area (Å²) in [6.07, 6.45) is 2.96. The molecule has 0 amide bonds. The van der Waals surface area contributed by atoms with Gasteiger partial charge >= 0.3 is 0 Å². The fraction of sp³-hybridized carbons (Fsp3) is 0.444. The van der Waals surface area contributed by atoms with Crippen molar-refractivity contribution in [3.63, 3.8) is 0 Å². The lowest BCUT2D eigenvalue weighted by Crippen LogP contribution is -1.97. The molecule has 1 aromatic heterocycles. The molecule has 0 atom stereocenters. The molecule has 1 heterocycles. The maximum Gasteiger partial charge on any atom is 0.145 e. The van der Waals surface area contributed by atoms with Crippen LogP contribution in [0, 0.1) is 12.7 Å². The van der Waals surface area contributed by atoms with E-state index in [2.05, 4.69) is 4.98 Å². The minimum Gasteiger partial charge on any atom is -0.261 e. The van der Waals surface area contributed by atoms with E-state index in [0.717, 1.165) is 11.1 Å². The van der Waals surface area contributed by atoms with Crippen LogP contribution in [0.3, 0.4) is 0 Å². The second-order valence-corrected chi connectivity index (χ2v) is 3.01. The van der Waals surface area contributed by atoms with Gasteiger partial charge in [0.05, 0.1) is 6.20 Å². The predicted octanol–water partition coefficient (Wildman–Crippen LogP) is 2.65. The molecule has 0 aliphatic carbocycles. The summed E-state index contributed by atoms with van der Waals surface area (Å²) in [6.45, 7) is 5.84. The molecule has 0 spiro atoms. The van der Waals surface area contributed by atoms with E-state index in [0.29, 0.717) is 0 Å². The number of hydrogen-bond donors (Lipinski definition) is 0. The molecule has 0 saturated heterocycles. The molecule has 60 valence electrons. The second-order valence-electron chi connectivity index (χ2n) is 3.01. The van der Waals surface area contributed by atoms with Crippen molar-refractivity contribution < 1.29 is 4.39 Å². The Labute approximate surface area is 66.3 Å². The average Bonchev–Trinajstić information content (AvgIpc) is 1.85. The fourth-order valence-corrected chi connectivity index (χ4v) is 1.27. The van der Waals surface area contributed by atoms with Crippen molar-refractivity contribution in [2.24, 2.45) is 0 Å². The average molecular weight is 153 g/mol. The quantitative estimate of drug-likeness (QED) is 0.604. The summed E-state index contributed by atoms with van der Waals surface area (Å²) in [5.74, 6) is 0.0398. The molecule has 1 nitrogen and oxygen atoms in total. The lowest BCUT2D eigenvalue weighted by molar-refractivity contribution is 0.589. The Kier molecular flexibility index (Phi) is 2.22. The first-order valence-electron chi connectivity index (χ1n) is 3.73. The molecule has 0 N–H and O–H groups in total. The molecule has 0 aromatic carbocycles. The van der Waals surface area contributed by atoms with E-state index < -0.39 is 0 Å². The van der Waals surface area contributed by atoms with Gasteiger partial charge in [0.2, 0.25) is 0 Å². The summed E-state index contributed by atoms with van der Waals surface area (Å²) in [5, 5.41) is 0. The van der Waals surface area contributed by atoms with Crippen molar-refractivity contribution >= 4 is 0 Å². The number of rotatable bonds is 1. The Hall–Kier alpha value is -0.920. The van der Waals surface area contributed by atoms with Gasteiger partial charge in [-0.1, -0.05) is 13.8 Å². The SMILES string of the molecule is Cc1cncc(F)c1C(C)C. The first kappa shape index (κ1) is 8.18. The maximum atomic E-state index is 13.0. The third-order valence-corrected chi connectivity index (χ3v) is 1.72. The highest BCUT2D eigenvalue weighted by Crippen LogP contribution is 2.20. The highest BCUT2D eigenvalue weighted by Gasteiger charge is 2.08. The van der Waals surface area contributed by atoms with Gasteiger partial charge < -0.3 is 0 Å². The van der Waals surface area contributed by atoms with Gasteiger partial charge in [0.15, 0.2) is 0 Å². The van der Waals surface area contributed by atoms with Crippen molar-refractivity contribution in [3.05, 3.63) is 29.3 Å². The Bertz CT molecular complexity index is 235. The van der Waals surface area contributed by atoms with Gasteiger partial charge in [-0.2, -0.15) is 0 Å². The highest BCUT2D eigenvalue weighted by atomic mass is 19.1. The molecule has 11 heavy (non-hydrogen) atoms. The maximum absolute atomic E-state index is 13.0. The van der Waals surface area contributed by atoms with Crippen LogP contribution in [0.15, 0.2) is 12.4 Å². The molecule has 0 fully saturated rings. The van der Waals surface area contributed by atoms with Gasteiger partial charge in [0, 0.05) is 6.20 Å². The van der Waals surface area contributed by atoms with Gasteiger partial charge in [-0.25, -0.2) is 4.39 Å². The molecular weight excluding hydrogens is 141 g/mol. The van der Waals surface area contributed by atoms with Crippen LogP contribution in [0.25, 0.3) is 0 Å². The zero-order valence-electron chi connectivity index (χ0n) is 7.06. The summed E-state index contributed by atoms with van der Waals surface area (Å²) >= 11 is 0. The number of nitrogens with zero attached hydrogens (tertiary/aromatic N) is 1. The van der Waals surface area contributed by atoms with Crippen molar-refractivity contribution in [1.29, 1.82) is 0 Å². The summed E-state index contributed by atoms with van der Waals surface area (Å²) in [7, 11) is 0. The Balaban J connectivity index is 3.21. The molecule has 0 unspecified atom stereocenters. The predicted molar refractivity (Wildman–Crippen MR) is 43.0 cm³/mol. The van der Waals surface area contributed by atoms with Crippen LogP contribution in [0.5, 0.6) is 0 Å². The number of aryl methyl sites for hydroxylation is 1. The number of hydrogen-bond acceptors (Lipinski definition) is 1. The van der Waals surface area contributed by atoms with E-state index in [1.165, 1.54) is 6.20 Å². The number of halogens is 1. The van der Waals surface area contributed by atoms with Crippen molar-refractivity contribution in [3.8, 4) is 0 Å². The topological polar surface area (TPSA) is 12.9 Å². The second kappa shape index (κ2) is 2.99. The van der Waals surface area contributed by atoms with Gasteiger partial charge in [-0.15, -0.1) is 0 Å². The highest BCUT2D eigenvalue weighted by molar-refractivity contribution is 5.26. The largest absolute Gasteiger partial charge is 0.261 e. The van der Waals surface area contributed by atoms with Crippen molar-refractivity contribution in [1.82, 2.24) is 4.98 Å². The molecule has 0 radical (unpaired) electrons. The first-order chi connectivity index (χ1) is 5.13. The fourth-order valence-electron chi connectivity index (χ4n) is 1.27. The van der Waals surface area contributed by atoms with E-state index in [1.807, 2.05) is 20.8 Å². The minimum atomic E-state index is -0.194. The van der Waals surface area contributed by atoms with E-state index in [9.17, 15) is 4.39 Å². The lowest BCUT2D eigenvalue weighted by atomic mass is 10.00. The van der Waals surface area contributed by atoms with Crippen LogP contribution in [0.1, 0.15) is 30.9 Å². The normalized spacial score (nSPS) is 10.6. The lowest BCUT2D eigenvalue weighted by Gasteiger charge is -2.08. The van der Waals surface area contributed by atoms with E-state index in [-0.39, 0.29) is 11.7 Å². The van der Waals surface area contributed by atoms with E-state index >= 15 is 0 Å². The molecule has 0 aliphatic rings. The smallest absolute Gasteiger partial charge is 0.145 e. The molecule has 0 saturated carbocycles. The minimum absolute atomic E-state index is 0.194. The Morgan fingerprint density at radius 2 is 2.00 bits per heavy atom. The van der Waals surface area contributed by atoms with Crippen LogP contribution in [-0.4, -0.2) is 4.98 Å². The van der Waals surface area contributed by atoms with Crippen LogP contribution < -0.4 is 0 Å². The number of aromatic nitrogens is 1. The molecule has 0 bridgehead atoms. The zero-order chi connectivity index (χ0) is 8.43. The zero-order valence-corrected chi connectivity index (χ0v) is 7.06. The molecular formula is C9H12FN. The van der Waals surface area contributed by atoms with Crippen LogP contribution in [0.4, 0.5) is 4.39 Å². The Morgan fingerprint density at radius 3 is 2.36 bits per heavy atom. The number of pyridine rings is 1. The van der Waals surface area contributed by atoms with E-state index in [4.69, 9.17) is 0 Å². The molecule has 1 rings (SSSR count). The Morgan fingerprint density at radius 1 is 1.36 bits per heavy atom. The molecule has 2 heteroatoms. The summed E-state index contributed by atoms with van der Waals surface area (Å²) in [6, 6.07) is 0. The van der Waals surface area contributed by atoms with Gasteiger partial charge in [-0.3, -0.25) is 4.98 Å². The first-order valence-corrected chi connectivity index (χ1v) is 3.73. The third-order valence-electron chi connectivity index (χ3n) is 1.72. The van der Waals surface area contributed by atoms with Gasteiger partial charge in [0.25, 0.3) is 0 Å².